The summed E-state index contributed by atoms with van der Waals surface area (Å²) in [6.07, 6.45) is 1.01. The van der Waals surface area contributed by atoms with Crippen molar-refractivity contribution in [2.75, 3.05) is 5.75 Å². The van der Waals surface area contributed by atoms with Crippen molar-refractivity contribution in [1.82, 2.24) is 0 Å². The van der Waals surface area contributed by atoms with Crippen LogP contribution in [0, 0.1) is 5.92 Å². The summed E-state index contributed by atoms with van der Waals surface area (Å²) in [5.41, 5.74) is 7.59. The van der Waals surface area contributed by atoms with Crippen LogP contribution in [0.2, 0.25) is 0 Å². The van der Waals surface area contributed by atoms with E-state index in [-0.39, 0.29) is 6.04 Å². The Morgan fingerprint density at radius 2 is 1.94 bits per heavy atom. The molecule has 0 fully saturated rings. The number of nitrogens with two attached hydrogens (primary N) is 1. The summed E-state index contributed by atoms with van der Waals surface area (Å²) < 4.78 is 1.17. The largest absolute Gasteiger partial charge is 0.326 e. The lowest BCUT2D eigenvalue weighted by Gasteiger charge is -2.24. The fourth-order valence-corrected chi connectivity index (χ4v) is 3.76. The van der Waals surface area contributed by atoms with Gasteiger partial charge >= 0.3 is 0 Å². The van der Waals surface area contributed by atoms with Gasteiger partial charge in [0.2, 0.25) is 0 Å². The summed E-state index contributed by atoms with van der Waals surface area (Å²) in [6.45, 7) is 6.66. The molecule has 3 heteroatoms. The van der Waals surface area contributed by atoms with Gasteiger partial charge in [-0.25, -0.2) is 0 Å². The molecule has 0 amide bonds. The Balaban J connectivity index is 2.86. The van der Waals surface area contributed by atoms with Gasteiger partial charge < -0.3 is 5.73 Å². The third-order valence-electron chi connectivity index (χ3n) is 2.68. The second-order valence-electron chi connectivity index (χ2n) is 4.74. The van der Waals surface area contributed by atoms with E-state index in [1.165, 1.54) is 10.0 Å². The normalized spacial score (nSPS) is 14.9. The van der Waals surface area contributed by atoms with E-state index in [4.69, 9.17) is 5.73 Å². The Morgan fingerprint density at radius 3 is 2.47 bits per heavy atom. The van der Waals surface area contributed by atoms with E-state index >= 15 is 0 Å². The minimum atomic E-state index is 0.220. The fourth-order valence-electron chi connectivity index (χ4n) is 1.66. The summed E-state index contributed by atoms with van der Waals surface area (Å²) in [6, 6.07) is 8.64. The lowest BCUT2D eigenvalue weighted by Crippen LogP contribution is -2.26. The SMILES string of the molecule is CCC(N)C(SCC(C)C)c1ccccc1Br. The fraction of sp³-hybridized carbons (Fsp3) is 0.571. The van der Waals surface area contributed by atoms with Crippen LogP contribution in [0.15, 0.2) is 28.7 Å². The van der Waals surface area contributed by atoms with Crippen molar-refractivity contribution < 1.29 is 0 Å². The predicted molar refractivity (Wildman–Crippen MR) is 82.4 cm³/mol. The monoisotopic (exact) mass is 315 g/mol. The van der Waals surface area contributed by atoms with E-state index in [9.17, 15) is 0 Å². The van der Waals surface area contributed by atoms with Crippen LogP contribution in [0.5, 0.6) is 0 Å². The van der Waals surface area contributed by atoms with Crippen LogP contribution in [0.3, 0.4) is 0 Å². The van der Waals surface area contributed by atoms with Gasteiger partial charge in [-0.2, -0.15) is 11.8 Å². The Kier molecular flexibility index (Phi) is 6.60. The van der Waals surface area contributed by atoms with Crippen molar-refractivity contribution in [3.05, 3.63) is 34.3 Å². The molecule has 0 aromatic heterocycles. The number of hydrogen-bond acceptors (Lipinski definition) is 2. The lowest BCUT2D eigenvalue weighted by molar-refractivity contribution is 0.629. The molecule has 1 rings (SSSR count). The quantitative estimate of drug-likeness (QED) is 0.829. The van der Waals surface area contributed by atoms with Crippen LogP contribution in [0.25, 0.3) is 0 Å². The number of thioether (sulfide) groups is 1. The maximum atomic E-state index is 6.26. The molecule has 0 aliphatic rings. The van der Waals surface area contributed by atoms with Crippen molar-refractivity contribution in [2.24, 2.45) is 11.7 Å². The Labute approximate surface area is 118 Å². The summed E-state index contributed by atoms with van der Waals surface area (Å²) in [5.74, 6) is 1.86. The molecule has 1 aromatic rings. The molecule has 2 N–H and O–H groups in total. The molecule has 2 atom stereocenters. The predicted octanol–water partition coefficient (Wildman–Crippen LogP) is 4.62. The molecule has 0 saturated heterocycles. The first-order valence-electron chi connectivity index (χ1n) is 6.17. The van der Waals surface area contributed by atoms with Gasteiger partial charge in [-0.05, 0) is 29.7 Å². The third kappa shape index (κ3) is 4.65. The molecule has 0 aliphatic carbocycles. The summed E-state index contributed by atoms with van der Waals surface area (Å²) in [4.78, 5) is 0. The zero-order valence-electron chi connectivity index (χ0n) is 10.8. The molecule has 2 unspecified atom stereocenters. The molecule has 0 heterocycles. The molecule has 0 aliphatic heterocycles. The number of rotatable bonds is 6. The molecule has 1 nitrogen and oxygen atoms in total. The van der Waals surface area contributed by atoms with Crippen molar-refractivity contribution in [3.63, 3.8) is 0 Å². The number of halogens is 1. The third-order valence-corrected chi connectivity index (χ3v) is 5.23. The highest BCUT2D eigenvalue weighted by Gasteiger charge is 2.21. The second-order valence-corrected chi connectivity index (χ2v) is 6.77. The maximum absolute atomic E-state index is 6.26. The first kappa shape index (κ1) is 15.1. The van der Waals surface area contributed by atoms with Crippen LogP contribution >= 0.6 is 27.7 Å². The van der Waals surface area contributed by atoms with Gasteiger partial charge in [0.25, 0.3) is 0 Å². The van der Waals surface area contributed by atoms with Crippen LogP contribution in [0.1, 0.15) is 38.0 Å². The zero-order chi connectivity index (χ0) is 12.8. The van der Waals surface area contributed by atoms with Gasteiger partial charge in [-0.15, -0.1) is 0 Å². The zero-order valence-corrected chi connectivity index (χ0v) is 13.2. The van der Waals surface area contributed by atoms with Gasteiger partial charge in [0, 0.05) is 15.8 Å². The van der Waals surface area contributed by atoms with Crippen molar-refractivity contribution >= 4 is 27.7 Å². The molecule has 17 heavy (non-hydrogen) atoms. The van der Waals surface area contributed by atoms with E-state index in [2.05, 4.69) is 61.0 Å². The minimum absolute atomic E-state index is 0.220. The first-order chi connectivity index (χ1) is 8.06. The number of benzene rings is 1. The van der Waals surface area contributed by atoms with Gasteiger partial charge in [0.15, 0.2) is 0 Å². The summed E-state index contributed by atoms with van der Waals surface area (Å²) >= 11 is 5.61. The highest BCUT2D eigenvalue weighted by atomic mass is 79.9. The topological polar surface area (TPSA) is 26.0 Å². The first-order valence-corrected chi connectivity index (χ1v) is 8.02. The average Bonchev–Trinajstić information content (AvgIpc) is 2.30. The van der Waals surface area contributed by atoms with E-state index < -0.39 is 0 Å². The van der Waals surface area contributed by atoms with E-state index in [1.807, 2.05) is 11.8 Å². The Bertz CT molecular complexity index is 341. The van der Waals surface area contributed by atoms with Gasteiger partial charge in [0.05, 0.1) is 0 Å². The van der Waals surface area contributed by atoms with E-state index in [0.717, 1.165) is 12.2 Å². The van der Waals surface area contributed by atoms with Crippen LogP contribution in [0.4, 0.5) is 0 Å². The lowest BCUT2D eigenvalue weighted by atomic mass is 10.0. The van der Waals surface area contributed by atoms with Crippen LogP contribution in [-0.4, -0.2) is 11.8 Å². The smallest absolute Gasteiger partial charge is 0.0459 e. The van der Waals surface area contributed by atoms with Crippen LogP contribution in [-0.2, 0) is 0 Å². The van der Waals surface area contributed by atoms with Crippen molar-refractivity contribution in [3.8, 4) is 0 Å². The highest BCUT2D eigenvalue weighted by molar-refractivity contribution is 9.10. The number of hydrogen-bond donors (Lipinski definition) is 1. The molecule has 96 valence electrons. The highest BCUT2D eigenvalue weighted by Crippen LogP contribution is 2.37. The standard InChI is InChI=1S/C14H22BrNS/c1-4-13(16)14(17-9-10(2)3)11-7-5-6-8-12(11)15/h5-8,10,13-14H,4,9,16H2,1-3H3. The second kappa shape index (κ2) is 7.45. The minimum Gasteiger partial charge on any atom is -0.326 e. The average molecular weight is 316 g/mol. The Hall–Kier alpha value is 0.01000. The van der Waals surface area contributed by atoms with Crippen LogP contribution < -0.4 is 5.73 Å². The molecule has 1 aromatic carbocycles. The van der Waals surface area contributed by atoms with Crippen molar-refractivity contribution in [1.29, 1.82) is 0 Å². The summed E-state index contributed by atoms with van der Waals surface area (Å²) in [5, 5.41) is 0.387. The molecule has 0 spiro atoms. The van der Waals surface area contributed by atoms with Gasteiger partial charge in [0.1, 0.15) is 0 Å². The Morgan fingerprint density at radius 1 is 1.29 bits per heavy atom. The van der Waals surface area contributed by atoms with Gasteiger partial charge in [-0.1, -0.05) is 54.9 Å². The van der Waals surface area contributed by atoms with Crippen molar-refractivity contribution in [2.45, 2.75) is 38.5 Å². The maximum Gasteiger partial charge on any atom is 0.0459 e. The van der Waals surface area contributed by atoms with E-state index in [1.54, 1.807) is 0 Å². The molecular weight excluding hydrogens is 294 g/mol. The molecule has 0 saturated carbocycles. The molecular formula is C14H22BrNS. The molecule has 0 bridgehead atoms. The van der Waals surface area contributed by atoms with E-state index in [0.29, 0.717) is 11.2 Å². The van der Waals surface area contributed by atoms with Gasteiger partial charge in [-0.3, -0.25) is 0 Å². The molecule has 0 radical (unpaired) electrons. The summed E-state index contributed by atoms with van der Waals surface area (Å²) in [7, 11) is 0.